The van der Waals surface area contributed by atoms with E-state index in [4.69, 9.17) is 18.9 Å². The van der Waals surface area contributed by atoms with Gasteiger partial charge in [0.25, 0.3) is 0 Å². The van der Waals surface area contributed by atoms with Gasteiger partial charge >= 0.3 is 24.1 Å². The van der Waals surface area contributed by atoms with Crippen molar-refractivity contribution in [1.29, 1.82) is 0 Å². The number of esters is 2. The fourth-order valence-corrected chi connectivity index (χ4v) is 4.41. The number of amides is 3. The molecular formula is C37H45N3O9. The molecule has 12 nitrogen and oxygen atoms in total. The number of rotatable bonds is 17. The lowest BCUT2D eigenvalue weighted by molar-refractivity contribution is -0.150. The van der Waals surface area contributed by atoms with Crippen LogP contribution < -0.4 is 16.0 Å². The van der Waals surface area contributed by atoms with Crippen LogP contribution in [-0.4, -0.2) is 54.3 Å². The monoisotopic (exact) mass is 675 g/mol. The topological polar surface area (TPSA) is 158 Å². The molecule has 0 radical (unpaired) electrons. The zero-order chi connectivity index (χ0) is 35.5. The molecule has 0 saturated heterocycles. The summed E-state index contributed by atoms with van der Waals surface area (Å²) in [5, 5.41) is 7.73. The summed E-state index contributed by atoms with van der Waals surface area (Å²) in [6, 6.07) is 24.8. The minimum absolute atomic E-state index is 0.0216. The molecule has 0 spiro atoms. The number of nitrogens with one attached hydrogen (secondary N) is 3. The van der Waals surface area contributed by atoms with E-state index >= 15 is 0 Å². The van der Waals surface area contributed by atoms with E-state index in [-0.39, 0.29) is 32.8 Å². The first kappa shape index (κ1) is 38.1. The van der Waals surface area contributed by atoms with E-state index in [9.17, 15) is 24.0 Å². The Morgan fingerprint density at radius 2 is 1.12 bits per heavy atom. The highest BCUT2D eigenvalue weighted by atomic mass is 16.6. The van der Waals surface area contributed by atoms with Gasteiger partial charge < -0.3 is 34.9 Å². The molecule has 3 N–H and O–H groups in total. The van der Waals surface area contributed by atoms with Gasteiger partial charge in [-0.3, -0.25) is 9.59 Å². The van der Waals surface area contributed by atoms with Crippen LogP contribution in [0, 0.1) is 0 Å². The van der Waals surface area contributed by atoms with Gasteiger partial charge in [-0.15, -0.1) is 0 Å². The number of carbonyl (C=O) groups is 5. The highest BCUT2D eigenvalue weighted by Gasteiger charge is 2.31. The largest absolute Gasteiger partial charge is 0.461 e. The lowest BCUT2D eigenvalue weighted by Crippen LogP contribution is -2.53. The Kier molecular flexibility index (Phi) is 15.6. The molecular weight excluding hydrogens is 630 g/mol. The number of hydrogen-bond acceptors (Lipinski definition) is 9. The summed E-state index contributed by atoms with van der Waals surface area (Å²) in [6.45, 7) is 5.33. The average molecular weight is 676 g/mol. The maximum Gasteiger partial charge on any atom is 0.408 e. The zero-order valence-electron chi connectivity index (χ0n) is 28.1. The van der Waals surface area contributed by atoms with Crippen molar-refractivity contribution in [2.75, 3.05) is 6.54 Å². The van der Waals surface area contributed by atoms with E-state index in [1.807, 2.05) is 54.6 Å². The van der Waals surface area contributed by atoms with E-state index in [1.54, 1.807) is 57.2 Å². The van der Waals surface area contributed by atoms with E-state index in [0.717, 1.165) is 16.7 Å². The van der Waals surface area contributed by atoms with Crippen LogP contribution in [0.25, 0.3) is 0 Å². The molecule has 49 heavy (non-hydrogen) atoms. The van der Waals surface area contributed by atoms with E-state index in [2.05, 4.69) is 16.0 Å². The van der Waals surface area contributed by atoms with Gasteiger partial charge in [-0.05, 0) is 56.7 Å². The Hall–Kier alpha value is -5.39. The summed E-state index contributed by atoms with van der Waals surface area (Å²) in [4.78, 5) is 64.3. The van der Waals surface area contributed by atoms with Crippen LogP contribution in [0.3, 0.4) is 0 Å². The first-order chi connectivity index (χ1) is 23.5. The van der Waals surface area contributed by atoms with Crippen molar-refractivity contribution in [1.82, 2.24) is 16.0 Å². The van der Waals surface area contributed by atoms with Gasteiger partial charge in [-0.2, -0.15) is 0 Å². The number of carbonyl (C=O) groups excluding carboxylic acids is 5. The van der Waals surface area contributed by atoms with Crippen LogP contribution >= 0.6 is 0 Å². The molecule has 12 heteroatoms. The molecule has 262 valence electrons. The smallest absolute Gasteiger partial charge is 0.408 e. The molecule has 3 aromatic rings. The predicted octanol–water partition coefficient (Wildman–Crippen LogP) is 5.34. The van der Waals surface area contributed by atoms with Crippen LogP contribution in [0.5, 0.6) is 0 Å². The van der Waals surface area contributed by atoms with Gasteiger partial charge in [-0.25, -0.2) is 14.4 Å². The summed E-state index contributed by atoms with van der Waals surface area (Å²) in [5.41, 5.74) is 1.49. The van der Waals surface area contributed by atoms with Crippen LogP contribution in [0.1, 0.15) is 63.1 Å². The molecule has 0 bridgehead atoms. The number of unbranched alkanes of at least 4 members (excludes halogenated alkanes) is 1. The summed E-state index contributed by atoms with van der Waals surface area (Å²) < 4.78 is 21.4. The van der Waals surface area contributed by atoms with Gasteiger partial charge in [0.05, 0.1) is 6.42 Å². The normalized spacial score (nSPS) is 12.1. The molecule has 0 aromatic heterocycles. The zero-order valence-corrected chi connectivity index (χ0v) is 28.1. The van der Waals surface area contributed by atoms with Crippen molar-refractivity contribution >= 4 is 30.0 Å². The van der Waals surface area contributed by atoms with Gasteiger partial charge in [0.15, 0.2) is 0 Å². The Bertz CT molecular complexity index is 1480. The number of benzene rings is 3. The Morgan fingerprint density at radius 3 is 1.65 bits per heavy atom. The van der Waals surface area contributed by atoms with Crippen molar-refractivity contribution < 1.29 is 42.9 Å². The van der Waals surface area contributed by atoms with E-state index in [1.165, 1.54) is 0 Å². The van der Waals surface area contributed by atoms with Gasteiger partial charge in [0.1, 0.15) is 37.5 Å². The predicted molar refractivity (Wildman–Crippen MR) is 181 cm³/mol. The minimum Gasteiger partial charge on any atom is -0.461 e. The fourth-order valence-electron chi connectivity index (χ4n) is 4.41. The summed E-state index contributed by atoms with van der Waals surface area (Å²) in [5.74, 6) is -2.24. The van der Waals surface area contributed by atoms with Crippen LogP contribution in [0.2, 0.25) is 0 Å². The standard InChI is InChI=1S/C37H45N3O9/c1-37(2,3)49-36(45)40-31(23-32(41)46-24-27-15-7-4-8-16-27)33(42)39-30(34(43)47-25-28-17-9-5-10-18-28)21-13-14-22-38-35(44)48-26-29-19-11-6-12-20-29/h4-12,15-20,30-31H,13-14,21-26H2,1-3H3,(H,38,44)(H,39,42)(H,40,45)/t30-,31+/m1/s1. The molecule has 0 aliphatic carbocycles. The first-order valence-electron chi connectivity index (χ1n) is 16.1. The maximum atomic E-state index is 13.5. The van der Waals surface area contributed by atoms with Crippen molar-refractivity contribution in [2.24, 2.45) is 0 Å². The van der Waals surface area contributed by atoms with Crippen molar-refractivity contribution in [2.45, 2.75) is 84.0 Å². The second kappa shape index (κ2) is 20.1. The molecule has 0 fully saturated rings. The molecule has 0 unspecified atom stereocenters. The molecule has 0 saturated carbocycles. The third-order valence-electron chi connectivity index (χ3n) is 6.85. The molecule has 3 amide bonds. The lowest BCUT2D eigenvalue weighted by Gasteiger charge is -2.25. The minimum atomic E-state index is -1.41. The van der Waals surface area contributed by atoms with Crippen LogP contribution in [0.15, 0.2) is 91.0 Å². The average Bonchev–Trinajstić information content (AvgIpc) is 3.08. The molecule has 0 heterocycles. The number of alkyl carbamates (subject to hydrolysis) is 2. The van der Waals surface area contributed by atoms with Gasteiger partial charge in [-0.1, -0.05) is 91.0 Å². The number of ether oxygens (including phenoxy) is 4. The second-order valence-electron chi connectivity index (χ2n) is 12.2. The first-order valence-corrected chi connectivity index (χ1v) is 16.1. The van der Waals surface area contributed by atoms with Crippen LogP contribution in [-0.2, 0) is 53.2 Å². The molecule has 0 aliphatic rings. The summed E-state index contributed by atoms with van der Waals surface area (Å²) >= 11 is 0. The fraction of sp³-hybridized carbons (Fsp3) is 0.378. The molecule has 3 aromatic carbocycles. The SMILES string of the molecule is CC(C)(C)OC(=O)N[C@@H](CC(=O)OCc1ccccc1)C(=O)N[C@H](CCCCNC(=O)OCc1ccccc1)C(=O)OCc1ccccc1. The van der Waals surface area contributed by atoms with Gasteiger partial charge in [0.2, 0.25) is 5.91 Å². The Labute approximate surface area is 286 Å². The van der Waals surface area contributed by atoms with E-state index in [0.29, 0.717) is 12.8 Å². The highest BCUT2D eigenvalue weighted by molar-refractivity contribution is 5.92. The Balaban J connectivity index is 1.61. The quantitative estimate of drug-likeness (QED) is 0.0976. The third-order valence-corrected chi connectivity index (χ3v) is 6.85. The van der Waals surface area contributed by atoms with Gasteiger partial charge in [0, 0.05) is 6.54 Å². The van der Waals surface area contributed by atoms with Crippen molar-refractivity contribution in [3.05, 3.63) is 108 Å². The molecule has 3 rings (SSSR count). The van der Waals surface area contributed by atoms with Crippen molar-refractivity contribution in [3.63, 3.8) is 0 Å². The second-order valence-corrected chi connectivity index (χ2v) is 12.2. The lowest BCUT2D eigenvalue weighted by atomic mass is 10.1. The third kappa shape index (κ3) is 15.8. The van der Waals surface area contributed by atoms with E-state index < -0.39 is 54.1 Å². The van der Waals surface area contributed by atoms with Crippen molar-refractivity contribution in [3.8, 4) is 0 Å². The van der Waals surface area contributed by atoms with Crippen LogP contribution in [0.4, 0.5) is 9.59 Å². The Morgan fingerprint density at radius 1 is 0.612 bits per heavy atom. The maximum absolute atomic E-state index is 13.5. The number of hydrogen-bond donors (Lipinski definition) is 3. The highest BCUT2D eigenvalue weighted by Crippen LogP contribution is 2.11. The molecule has 2 atom stereocenters. The summed E-state index contributed by atoms with van der Waals surface area (Å²) in [6.07, 6.45) is -0.989. The molecule has 0 aliphatic heterocycles. The summed E-state index contributed by atoms with van der Waals surface area (Å²) in [7, 11) is 0.